The average molecular weight is 795 g/mol. The van der Waals surface area contributed by atoms with Gasteiger partial charge >= 0.3 is 7.69 Å². The number of carbonyl (C=O) groups is 3. The summed E-state index contributed by atoms with van der Waals surface area (Å²) in [4.78, 5) is 46.4. The second kappa shape index (κ2) is 18.7. The van der Waals surface area contributed by atoms with Crippen LogP contribution in [0.4, 0.5) is 5.69 Å². The Bertz CT molecular complexity index is 2130. The highest BCUT2D eigenvalue weighted by Gasteiger charge is 2.39. The third kappa shape index (κ3) is 9.41. The summed E-state index contributed by atoms with van der Waals surface area (Å²) >= 11 is 0. The quantitative estimate of drug-likeness (QED) is 0.0953. The first kappa shape index (κ1) is 40.4. The molecule has 0 saturated carbocycles. The van der Waals surface area contributed by atoms with Crippen LogP contribution in [0.1, 0.15) is 71.6 Å². The molecule has 0 unspecified atom stereocenters. The number of hydrogen-bond donors (Lipinski definition) is 2. The second-order valence-electron chi connectivity index (χ2n) is 16.0. The van der Waals surface area contributed by atoms with Crippen molar-refractivity contribution in [3.63, 3.8) is 0 Å². The number of carbonyl (C=O) groups excluding carboxylic acids is 3. The van der Waals surface area contributed by atoms with Gasteiger partial charge in [0.1, 0.15) is 24.1 Å². The Morgan fingerprint density at radius 1 is 0.780 bits per heavy atom. The smallest absolute Gasteiger partial charge is 0.537 e. The molecular formula is C47H53BN5O6. The maximum absolute atomic E-state index is 13.1. The summed E-state index contributed by atoms with van der Waals surface area (Å²) in [5.41, 5.74) is 8.55. The molecule has 59 heavy (non-hydrogen) atoms. The number of fused-ring (bicyclic) bond motifs is 1. The van der Waals surface area contributed by atoms with Crippen LogP contribution >= 0.6 is 0 Å². The summed E-state index contributed by atoms with van der Waals surface area (Å²) in [7, 11) is 0.700. The Hall–Kier alpha value is -5.43. The van der Waals surface area contributed by atoms with E-state index in [4.69, 9.17) is 14.4 Å². The van der Waals surface area contributed by atoms with Gasteiger partial charge in [-0.25, -0.2) is 0 Å². The maximum Gasteiger partial charge on any atom is 0.569 e. The van der Waals surface area contributed by atoms with Crippen LogP contribution in [-0.2, 0) is 16.1 Å². The van der Waals surface area contributed by atoms with Gasteiger partial charge in [-0.05, 0) is 107 Å². The van der Waals surface area contributed by atoms with E-state index in [0.29, 0.717) is 44.5 Å². The van der Waals surface area contributed by atoms with Gasteiger partial charge in [-0.1, -0.05) is 61.5 Å². The maximum atomic E-state index is 13.1. The third-order valence-electron chi connectivity index (χ3n) is 12.4. The number of nitrogens with one attached hydrogen (secondary N) is 1. The first-order chi connectivity index (χ1) is 28.9. The summed E-state index contributed by atoms with van der Waals surface area (Å²) in [6, 6.07) is 32.2. The van der Waals surface area contributed by atoms with E-state index in [9.17, 15) is 14.4 Å². The van der Waals surface area contributed by atoms with E-state index < -0.39 is 6.04 Å². The van der Waals surface area contributed by atoms with Crippen molar-refractivity contribution < 1.29 is 28.8 Å². The summed E-state index contributed by atoms with van der Waals surface area (Å²) in [6.45, 7) is 11.5. The molecule has 4 aliphatic heterocycles. The van der Waals surface area contributed by atoms with Crippen molar-refractivity contribution in [2.75, 3.05) is 63.9 Å². The van der Waals surface area contributed by atoms with Gasteiger partial charge in [-0.15, -0.1) is 0 Å². The molecule has 11 nitrogen and oxygen atoms in total. The van der Waals surface area contributed by atoms with Gasteiger partial charge in [0.15, 0.2) is 0 Å². The Labute approximate surface area is 347 Å². The number of anilines is 1. The number of hydrogen-bond acceptors (Lipinski definition) is 9. The third-order valence-corrected chi connectivity index (χ3v) is 12.4. The van der Waals surface area contributed by atoms with Crippen molar-refractivity contribution >= 4 is 42.2 Å². The lowest BCUT2D eigenvalue weighted by molar-refractivity contribution is -0.136. The lowest BCUT2D eigenvalue weighted by atomic mass is 9.88. The van der Waals surface area contributed by atoms with E-state index in [1.54, 1.807) is 4.90 Å². The van der Waals surface area contributed by atoms with E-state index >= 15 is 0 Å². The molecule has 4 aromatic carbocycles. The molecule has 0 bridgehead atoms. The van der Waals surface area contributed by atoms with Gasteiger partial charge in [0, 0.05) is 76.6 Å². The number of amides is 3. The molecule has 8 rings (SSSR count). The van der Waals surface area contributed by atoms with Crippen LogP contribution < -0.4 is 19.6 Å². The van der Waals surface area contributed by atoms with Crippen LogP contribution in [0.2, 0.25) is 0 Å². The predicted octanol–water partition coefficient (Wildman–Crippen LogP) is 5.64. The molecule has 0 aromatic heterocycles. The van der Waals surface area contributed by atoms with Crippen molar-refractivity contribution in [1.29, 1.82) is 0 Å². The van der Waals surface area contributed by atoms with Crippen LogP contribution in [0.15, 0.2) is 97.1 Å². The zero-order chi connectivity index (χ0) is 40.7. The average Bonchev–Trinajstić information content (AvgIpc) is 3.59. The molecule has 1 radical (unpaired) electrons. The molecule has 0 aliphatic carbocycles. The highest BCUT2D eigenvalue weighted by molar-refractivity contribution is 6.17. The van der Waals surface area contributed by atoms with Crippen LogP contribution in [0, 0.1) is 5.92 Å². The molecular weight excluding hydrogens is 741 g/mol. The summed E-state index contributed by atoms with van der Waals surface area (Å²) in [5.74, 6) is 1.33. The van der Waals surface area contributed by atoms with Crippen molar-refractivity contribution in [1.82, 2.24) is 20.0 Å². The fourth-order valence-electron chi connectivity index (χ4n) is 9.14. The lowest BCUT2D eigenvalue weighted by Gasteiger charge is -2.39. The van der Waals surface area contributed by atoms with Crippen LogP contribution in [-0.4, -0.2) is 110 Å². The normalized spacial score (nSPS) is 19.6. The zero-order valence-electron chi connectivity index (χ0n) is 33.9. The number of piperidine rings is 2. The van der Waals surface area contributed by atoms with E-state index in [2.05, 4.69) is 81.5 Å². The molecule has 305 valence electrons. The van der Waals surface area contributed by atoms with Crippen molar-refractivity contribution in [2.45, 2.75) is 51.6 Å². The molecule has 1 atom stereocenters. The SMILES string of the molecule is CC/C(=C(/c1ccc(O[B]O)cc1)c1ccc(OCCN2CCN(CC3CCN(c4ccc5c(c4)CN([C@@H]4CCC(=O)NC4=O)C5=O)CC3)CC2)cc1)c1ccccc1. The topological polar surface area (TPSA) is 115 Å². The Balaban J connectivity index is 0.783. The predicted molar refractivity (Wildman–Crippen MR) is 230 cm³/mol. The Kier molecular flexibility index (Phi) is 12.8. The molecule has 3 saturated heterocycles. The lowest BCUT2D eigenvalue weighted by Crippen LogP contribution is -2.52. The molecule has 3 fully saturated rings. The monoisotopic (exact) mass is 794 g/mol. The van der Waals surface area contributed by atoms with Gasteiger partial charge in [0.2, 0.25) is 11.8 Å². The number of piperazine rings is 1. The van der Waals surface area contributed by atoms with Gasteiger partial charge in [-0.2, -0.15) is 0 Å². The van der Waals surface area contributed by atoms with Gasteiger partial charge < -0.3 is 29.1 Å². The van der Waals surface area contributed by atoms with E-state index in [1.165, 1.54) is 11.1 Å². The molecule has 4 aliphatic rings. The molecule has 12 heteroatoms. The van der Waals surface area contributed by atoms with E-state index in [1.807, 2.05) is 42.5 Å². The first-order valence-corrected chi connectivity index (χ1v) is 21.1. The number of imide groups is 1. The number of benzene rings is 4. The van der Waals surface area contributed by atoms with Crippen LogP contribution in [0.5, 0.6) is 11.5 Å². The molecule has 3 amide bonds. The summed E-state index contributed by atoms with van der Waals surface area (Å²) < 4.78 is 11.4. The molecule has 2 N–H and O–H groups in total. The second-order valence-corrected chi connectivity index (χ2v) is 16.0. The molecule has 4 heterocycles. The summed E-state index contributed by atoms with van der Waals surface area (Å²) in [5, 5.41) is 11.5. The fraction of sp³-hybridized carbons (Fsp3) is 0.383. The van der Waals surface area contributed by atoms with Gasteiger partial charge in [0.05, 0.1) is 0 Å². The van der Waals surface area contributed by atoms with Crippen molar-refractivity contribution in [3.05, 3.63) is 125 Å². The highest BCUT2D eigenvalue weighted by atomic mass is 16.5. The first-order valence-electron chi connectivity index (χ1n) is 21.1. The van der Waals surface area contributed by atoms with Crippen molar-refractivity contribution in [2.24, 2.45) is 5.92 Å². The minimum absolute atomic E-state index is 0.125. The molecule has 4 aromatic rings. The minimum Gasteiger partial charge on any atom is -0.537 e. The Morgan fingerprint density at radius 2 is 1.46 bits per heavy atom. The number of nitrogens with zero attached hydrogens (tertiary/aromatic N) is 4. The van der Waals surface area contributed by atoms with Gasteiger partial charge in [0.25, 0.3) is 5.91 Å². The molecule has 0 spiro atoms. The van der Waals surface area contributed by atoms with Crippen molar-refractivity contribution in [3.8, 4) is 11.5 Å². The van der Waals surface area contributed by atoms with Crippen LogP contribution in [0.25, 0.3) is 11.1 Å². The Morgan fingerprint density at radius 3 is 2.12 bits per heavy atom. The van der Waals surface area contributed by atoms with E-state index in [0.717, 1.165) is 105 Å². The van der Waals surface area contributed by atoms with Crippen LogP contribution in [0.3, 0.4) is 0 Å². The standard InChI is InChI=1S/C47H53BN5O6/c1-2-41(34-6-4-3-5-7-34)45(36-10-15-40(16-11-36)59-48-57)35-8-13-39(14-9-35)58-29-28-50-24-26-51(27-25-50)31-33-20-22-52(23-21-33)38-12-17-42-37(30-38)32-53(47(42)56)43-18-19-44(54)49-46(43)55/h3-17,30,33,43,57H,2,18-29,31-32H2,1H3,(H,49,54,55)/b45-41-/t43-/m1/s1. The zero-order valence-corrected chi connectivity index (χ0v) is 33.9. The number of rotatable bonds is 14. The van der Waals surface area contributed by atoms with E-state index in [-0.39, 0.29) is 24.1 Å². The van der Waals surface area contributed by atoms with Gasteiger partial charge in [-0.3, -0.25) is 24.6 Å². The largest absolute Gasteiger partial charge is 0.569 e. The highest BCUT2D eigenvalue weighted by Crippen LogP contribution is 2.36. The number of allylic oxidation sites excluding steroid dienone is 1. The minimum atomic E-state index is -0.589. The fourth-order valence-corrected chi connectivity index (χ4v) is 9.14. The number of ether oxygens (including phenoxy) is 1. The summed E-state index contributed by atoms with van der Waals surface area (Å²) in [6.07, 6.45) is 3.78.